The minimum atomic E-state index is -1.14. The van der Waals surface area contributed by atoms with E-state index in [0.717, 1.165) is 4.90 Å². The monoisotopic (exact) mass is 281 g/mol. The molecule has 1 aromatic rings. The zero-order valence-corrected chi connectivity index (χ0v) is 12.2. The SMILES string of the molecule is Cc1nc(C(C)C)[nH]c(=O)c1C(=O)N(C)C(C)C(=O)O. The maximum atomic E-state index is 12.2. The Bertz CT molecular complexity index is 592. The summed E-state index contributed by atoms with van der Waals surface area (Å²) < 4.78 is 0. The number of amides is 1. The molecule has 1 unspecified atom stereocenters. The third kappa shape index (κ3) is 3.04. The van der Waals surface area contributed by atoms with Gasteiger partial charge < -0.3 is 15.0 Å². The number of nitrogens with one attached hydrogen (secondary N) is 1. The summed E-state index contributed by atoms with van der Waals surface area (Å²) in [6, 6.07) is -1.02. The van der Waals surface area contributed by atoms with Crippen LogP contribution in [0.3, 0.4) is 0 Å². The first-order valence-electron chi connectivity index (χ1n) is 6.27. The molecule has 0 aromatic carbocycles. The largest absolute Gasteiger partial charge is 0.480 e. The van der Waals surface area contributed by atoms with Gasteiger partial charge in [0.15, 0.2) is 0 Å². The molecule has 7 heteroatoms. The second kappa shape index (κ2) is 5.85. The fourth-order valence-corrected chi connectivity index (χ4v) is 1.65. The molecule has 0 saturated carbocycles. The molecule has 0 bridgehead atoms. The Morgan fingerprint density at radius 2 is 1.85 bits per heavy atom. The smallest absolute Gasteiger partial charge is 0.326 e. The summed E-state index contributed by atoms with van der Waals surface area (Å²) in [6.45, 7) is 6.68. The molecule has 0 aliphatic heterocycles. The van der Waals surface area contributed by atoms with E-state index < -0.39 is 23.5 Å². The number of carboxylic acids is 1. The predicted molar refractivity (Wildman–Crippen MR) is 72.9 cm³/mol. The quantitative estimate of drug-likeness (QED) is 0.847. The van der Waals surface area contributed by atoms with Crippen molar-refractivity contribution in [2.24, 2.45) is 0 Å². The Labute approximate surface area is 116 Å². The zero-order valence-electron chi connectivity index (χ0n) is 12.2. The number of likely N-dealkylation sites (N-methyl/N-ethyl adjacent to an activating group) is 1. The number of nitrogens with zero attached hydrogens (tertiary/aromatic N) is 2. The van der Waals surface area contributed by atoms with Gasteiger partial charge in [-0.15, -0.1) is 0 Å². The Morgan fingerprint density at radius 3 is 2.25 bits per heavy atom. The highest BCUT2D eigenvalue weighted by molar-refractivity contribution is 5.96. The summed E-state index contributed by atoms with van der Waals surface area (Å²) in [7, 11) is 1.34. The molecule has 0 fully saturated rings. The molecule has 1 rings (SSSR count). The molecular weight excluding hydrogens is 262 g/mol. The van der Waals surface area contributed by atoms with Gasteiger partial charge in [0.2, 0.25) is 0 Å². The topological polar surface area (TPSA) is 103 Å². The molecule has 1 aromatic heterocycles. The van der Waals surface area contributed by atoms with Crippen LogP contribution in [0.4, 0.5) is 0 Å². The lowest BCUT2D eigenvalue weighted by atomic mass is 10.1. The molecule has 1 atom stereocenters. The summed E-state index contributed by atoms with van der Waals surface area (Å²) in [5, 5.41) is 8.91. The first-order chi connectivity index (χ1) is 9.16. The van der Waals surface area contributed by atoms with E-state index in [4.69, 9.17) is 5.11 Å². The number of H-pyrrole nitrogens is 1. The summed E-state index contributed by atoms with van der Waals surface area (Å²) in [5.74, 6) is -1.26. The van der Waals surface area contributed by atoms with Crippen molar-refractivity contribution in [3.63, 3.8) is 0 Å². The number of aromatic amines is 1. The molecule has 0 aliphatic rings. The number of carboxylic acid groups (broad SMARTS) is 1. The molecule has 1 amide bonds. The van der Waals surface area contributed by atoms with E-state index in [2.05, 4.69) is 9.97 Å². The highest BCUT2D eigenvalue weighted by atomic mass is 16.4. The van der Waals surface area contributed by atoms with Crippen molar-refractivity contribution in [2.45, 2.75) is 39.7 Å². The normalized spacial score (nSPS) is 12.3. The Hall–Kier alpha value is -2.18. The van der Waals surface area contributed by atoms with Crippen LogP contribution in [0, 0.1) is 6.92 Å². The van der Waals surface area contributed by atoms with Crippen molar-refractivity contribution in [1.82, 2.24) is 14.9 Å². The Balaban J connectivity index is 3.24. The van der Waals surface area contributed by atoms with E-state index in [0.29, 0.717) is 11.5 Å². The summed E-state index contributed by atoms with van der Waals surface area (Å²) in [5.41, 5.74) is -0.368. The van der Waals surface area contributed by atoms with Crippen molar-refractivity contribution in [1.29, 1.82) is 0 Å². The van der Waals surface area contributed by atoms with E-state index in [1.165, 1.54) is 14.0 Å². The van der Waals surface area contributed by atoms with Gasteiger partial charge in [0, 0.05) is 13.0 Å². The van der Waals surface area contributed by atoms with Crippen LogP contribution in [0.15, 0.2) is 4.79 Å². The highest BCUT2D eigenvalue weighted by Crippen LogP contribution is 2.11. The van der Waals surface area contributed by atoms with Gasteiger partial charge in [0.25, 0.3) is 11.5 Å². The first kappa shape index (κ1) is 15.9. The third-order valence-corrected chi connectivity index (χ3v) is 3.14. The molecule has 0 spiro atoms. The first-order valence-corrected chi connectivity index (χ1v) is 6.27. The fraction of sp³-hybridized carbons (Fsp3) is 0.538. The number of carbonyl (C=O) groups is 2. The van der Waals surface area contributed by atoms with Crippen LogP contribution < -0.4 is 5.56 Å². The number of hydrogen-bond acceptors (Lipinski definition) is 4. The third-order valence-electron chi connectivity index (χ3n) is 3.14. The van der Waals surface area contributed by atoms with Gasteiger partial charge >= 0.3 is 5.97 Å². The molecule has 7 nitrogen and oxygen atoms in total. The maximum absolute atomic E-state index is 12.2. The Kier molecular flexibility index (Phi) is 4.65. The van der Waals surface area contributed by atoms with Crippen LogP contribution in [0.2, 0.25) is 0 Å². The van der Waals surface area contributed by atoms with Crippen molar-refractivity contribution >= 4 is 11.9 Å². The van der Waals surface area contributed by atoms with Crippen LogP contribution >= 0.6 is 0 Å². The van der Waals surface area contributed by atoms with E-state index in [-0.39, 0.29) is 11.5 Å². The van der Waals surface area contributed by atoms with Gasteiger partial charge in [-0.3, -0.25) is 9.59 Å². The van der Waals surface area contributed by atoms with E-state index in [1.807, 2.05) is 13.8 Å². The average Bonchev–Trinajstić information content (AvgIpc) is 2.35. The Morgan fingerprint density at radius 1 is 1.30 bits per heavy atom. The number of rotatable bonds is 4. The summed E-state index contributed by atoms with van der Waals surface area (Å²) in [4.78, 5) is 42.9. The molecule has 110 valence electrons. The lowest BCUT2D eigenvalue weighted by molar-refractivity contribution is -0.141. The van der Waals surface area contributed by atoms with E-state index in [9.17, 15) is 14.4 Å². The minimum absolute atomic E-state index is 0.0289. The van der Waals surface area contributed by atoms with Crippen molar-refractivity contribution in [3.05, 3.63) is 27.4 Å². The van der Waals surface area contributed by atoms with Crippen molar-refractivity contribution in [3.8, 4) is 0 Å². The molecular formula is C13H19N3O4. The van der Waals surface area contributed by atoms with Gasteiger partial charge in [-0.05, 0) is 13.8 Å². The van der Waals surface area contributed by atoms with Crippen molar-refractivity contribution in [2.75, 3.05) is 7.05 Å². The zero-order chi connectivity index (χ0) is 15.6. The van der Waals surface area contributed by atoms with Crippen LogP contribution in [-0.4, -0.2) is 44.9 Å². The van der Waals surface area contributed by atoms with Crippen LogP contribution in [-0.2, 0) is 4.79 Å². The average molecular weight is 281 g/mol. The molecule has 0 saturated heterocycles. The molecule has 20 heavy (non-hydrogen) atoms. The number of aryl methyl sites for hydroxylation is 1. The van der Waals surface area contributed by atoms with Crippen LogP contribution in [0.1, 0.15) is 48.6 Å². The highest BCUT2D eigenvalue weighted by Gasteiger charge is 2.26. The van der Waals surface area contributed by atoms with Gasteiger partial charge in [-0.2, -0.15) is 0 Å². The molecule has 0 radical (unpaired) electrons. The van der Waals surface area contributed by atoms with Gasteiger partial charge in [0.05, 0.1) is 5.69 Å². The van der Waals surface area contributed by atoms with E-state index in [1.54, 1.807) is 6.92 Å². The van der Waals surface area contributed by atoms with Gasteiger partial charge in [-0.1, -0.05) is 13.8 Å². The molecule has 1 heterocycles. The number of hydrogen-bond donors (Lipinski definition) is 2. The number of aliphatic carboxylic acids is 1. The van der Waals surface area contributed by atoms with Crippen LogP contribution in [0.25, 0.3) is 0 Å². The lowest BCUT2D eigenvalue weighted by Gasteiger charge is -2.21. The summed E-state index contributed by atoms with van der Waals surface area (Å²) >= 11 is 0. The summed E-state index contributed by atoms with van der Waals surface area (Å²) in [6.07, 6.45) is 0. The lowest BCUT2D eigenvalue weighted by Crippen LogP contribution is -2.42. The second-order valence-corrected chi connectivity index (χ2v) is 5.00. The van der Waals surface area contributed by atoms with Crippen molar-refractivity contribution < 1.29 is 14.7 Å². The second-order valence-electron chi connectivity index (χ2n) is 5.00. The van der Waals surface area contributed by atoms with Gasteiger partial charge in [-0.25, -0.2) is 9.78 Å². The van der Waals surface area contributed by atoms with E-state index >= 15 is 0 Å². The fourth-order valence-electron chi connectivity index (χ4n) is 1.65. The predicted octanol–water partition coefficient (Wildman–Crippen LogP) is 0.747. The molecule has 0 aliphatic carbocycles. The standard InChI is InChI=1S/C13H19N3O4/c1-6(2)10-14-7(3)9(11(17)15-10)12(18)16(5)8(4)13(19)20/h6,8H,1-5H3,(H,19,20)(H,14,15,17). The van der Waals surface area contributed by atoms with Crippen LogP contribution in [0.5, 0.6) is 0 Å². The molecule has 2 N–H and O–H groups in total. The minimum Gasteiger partial charge on any atom is -0.480 e. The number of aromatic nitrogens is 2. The maximum Gasteiger partial charge on any atom is 0.326 e. The van der Waals surface area contributed by atoms with Gasteiger partial charge in [0.1, 0.15) is 17.4 Å². The number of carbonyl (C=O) groups excluding carboxylic acids is 1.